The Morgan fingerprint density at radius 2 is 1.10 bits per heavy atom. The summed E-state index contributed by atoms with van der Waals surface area (Å²) in [6.07, 6.45) is 29.5. The zero-order valence-electron chi connectivity index (χ0n) is 26.3. The van der Waals surface area contributed by atoms with Crippen LogP contribution < -0.4 is 5.32 Å². The third kappa shape index (κ3) is 27.4. The molecule has 3 unspecified atom stereocenters. The normalized spacial score (nSPS) is 14.6. The molecule has 0 aromatic heterocycles. The van der Waals surface area contributed by atoms with Crippen molar-refractivity contribution in [2.45, 2.75) is 173 Å². The van der Waals surface area contributed by atoms with Crippen LogP contribution in [0.1, 0.15) is 155 Å². The molecule has 242 valence electrons. The van der Waals surface area contributed by atoms with E-state index in [1.165, 1.54) is 96.0 Å². The van der Waals surface area contributed by atoms with Gasteiger partial charge < -0.3 is 15.5 Å². The second kappa shape index (κ2) is 27.6. The van der Waals surface area contributed by atoms with Crippen LogP contribution >= 0.6 is 0 Å². The zero-order chi connectivity index (χ0) is 30.6. The van der Waals surface area contributed by atoms with Crippen LogP contribution in [-0.2, 0) is 14.9 Å². The maximum absolute atomic E-state index is 12.5. The number of amides is 1. The fourth-order valence-corrected chi connectivity index (χ4v) is 5.62. The summed E-state index contributed by atoms with van der Waals surface area (Å²) in [6, 6.07) is -1.24. The third-order valence-corrected chi connectivity index (χ3v) is 8.27. The van der Waals surface area contributed by atoms with Crippen LogP contribution in [0.3, 0.4) is 0 Å². The van der Waals surface area contributed by atoms with E-state index in [9.17, 15) is 28.0 Å². The maximum atomic E-state index is 12.5. The largest absolute Gasteiger partial charge is 0.387 e. The number of carbonyl (C=O) groups is 1. The lowest BCUT2D eigenvalue weighted by molar-refractivity contribution is -0.130. The Kier molecular flexibility index (Phi) is 26.8. The highest BCUT2D eigenvalue weighted by Crippen LogP contribution is 2.13. The van der Waals surface area contributed by atoms with Gasteiger partial charge in [-0.3, -0.25) is 9.35 Å². The first-order valence-electron chi connectivity index (χ1n) is 16.6. The number of carbonyl (C=O) groups excluding carboxylic acids is 1. The minimum atomic E-state index is -4.44. The Balaban J connectivity index is 4.26. The smallest absolute Gasteiger partial charge is 0.267 e. The lowest BCUT2D eigenvalue weighted by atomic mass is 10.0. The van der Waals surface area contributed by atoms with Crippen molar-refractivity contribution in [2.75, 3.05) is 5.75 Å². The van der Waals surface area contributed by atoms with Gasteiger partial charge in [0.1, 0.15) is 6.10 Å². The molecular weight excluding hydrogens is 538 g/mol. The highest BCUT2D eigenvalue weighted by molar-refractivity contribution is 7.85. The fraction of sp³-hybridized carbons (Fsp3) is 0.848. The summed E-state index contributed by atoms with van der Waals surface area (Å²) in [5.74, 6) is -1.56. The molecule has 0 heterocycles. The molecule has 0 radical (unpaired) electrons. The topological polar surface area (TPSA) is 124 Å². The molecule has 0 fully saturated rings. The van der Waals surface area contributed by atoms with Crippen molar-refractivity contribution in [3.8, 4) is 0 Å². The molecule has 4 N–H and O–H groups in total. The summed E-state index contributed by atoms with van der Waals surface area (Å²) in [7, 11) is -4.44. The minimum absolute atomic E-state index is 0.276. The van der Waals surface area contributed by atoms with Crippen molar-refractivity contribution >= 4 is 16.0 Å². The molecule has 0 aromatic carbocycles. The van der Waals surface area contributed by atoms with Crippen LogP contribution in [0.15, 0.2) is 24.3 Å². The SMILES string of the molecule is CCCCCCCCC/C=C/CC/C=C/C(O)C(CS(=O)(=O)O)NC(=O)C(O)CCCCCCCCCCCCC. The predicted molar refractivity (Wildman–Crippen MR) is 172 cm³/mol. The number of allylic oxidation sites excluding steroid dienone is 3. The van der Waals surface area contributed by atoms with Gasteiger partial charge in [0.25, 0.3) is 10.1 Å². The monoisotopic (exact) mass is 601 g/mol. The first kappa shape index (κ1) is 39.8. The van der Waals surface area contributed by atoms with Gasteiger partial charge in [0.05, 0.1) is 17.9 Å². The fourth-order valence-electron chi connectivity index (χ4n) is 4.88. The Labute approximate surface area is 252 Å². The summed E-state index contributed by atoms with van der Waals surface area (Å²) >= 11 is 0. The van der Waals surface area contributed by atoms with E-state index >= 15 is 0 Å². The van der Waals surface area contributed by atoms with Gasteiger partial charge in [-0.25, -0.2) is 0 Å². The van der Waals surface area contributed by atoms with Crippen LogP contribution in [0, 0.1) is 0 Å². The first-order valence-corrected chi connectivity index (χ1v) is 18.3. The van der Waals surface area contributed by atoms with E-state index in [4.69, 9.17) is 0 Å². The van der Waals surface area contributed by atoms with Crippen molar-refractivity contribution in [1.82, 2.24) is 5.32 Å². The lowest BCUT2D eigenvalue weighted by Gasteiger charge is -2.22. The van der Waals surface area contributed by atoms with Gasteiger partial charge in [-0.15, -0.1) is 0 Å². The first-order chi connectivity index (χ1) is 19.7. The molecule has 0 rings (SSSR count). The van der Waals surface area contributed by atoms with E-state index in [1.54, 1.807) is 6.08 Å². The Bertz CT molecular complexity index is 768. The second-order valence-corrected chi connectivity index (χ2v) is 13.1. The van der Waals surface area contributed by atoms with Crippen LogP contribution in [0.25, 0.3) is 0 Å². The molecule has 0 spiro atoms. The molecule has 0 aliphatic rings. The maximum Gasteiger partial charge on any atom is 0.267 e. The van der Waals surface area contributed by atoms with Crippen LogP contribution in [0.5, 0.6) is 0 Å². The number of hydrogen-bond donors (Lipinski definition) is 4. The summed E-state index contributed by atoms with van der Waals surface area (Å²) in [6.45, 7) is 4.45. The summed E-state index contributed by atoms with van der Waals surface area (Å²) in [5, 5.41) is 23.2. The summed E-state index contributed by atoms with van der Waals surface area (Å²) < 4.78 is 32.2. The molecule has 3 atom stereocenters. The van der Waals surface area contributed by atoms with Gasteiger partial charge in [0.2, 0.25) is 5.91 Å². The van der Waals surface area contributed by atoms with Gasteiger partial charge in [-0.1, -0.05) is 147 Å². The molecule has 1 amide bonds. The van der Waals surface area contributed by atoms with Gasteiger partial charge >= 0.3 is 0 Å². The average molecular weight is 602 g/mol. The van der Waals surface area contributed by atoms with Crippen molar-refractivity contribution in [3.63, 3.8) is 0 Å². The second-order valence-electron chi connectivity index (χ2n) is 11.6. The molecule has 7 nitrogen and oxygen atoms in total. The minimum Gasteiger partial charge on any atom is -0.387 e. The lowest BCUT2D eigenvalue weighted by Crippen LogP contribution is -2.50. The van der Waals surface area contributed by atoms with E-state index < -0.39 is 40.0 Å². The summed E-state index contributed by atoms with van der Waals surface area (Å²) in [4.78, 5) is 12.5. The number of nitrogens with one attached hydrogen (secondary N) is 1. The zero-order valence-corrected chi connectivity index (χ0v) is 27.1. The van der Waals surface area contributed by atoms with Crippen LogP contribution in [0.2, 0.25) is 0 Å². The molecule has 0 saturated carbocycles. The Morgan fingerprint density at radius 1 is 0.659 bits per heavy atom. The quantitative estimate of drug-likeness (QED) is 0.0394. The van der Waals surface area contributed by atoms with E-state index in [1.807, 2.05) is 0 Å². The molecule has 0 aliphatic carbocycles. The standard InChI is InChI=1S/C33H63NO6S/c1-3-5-7-9-11-13-15-16-18-19-21-23-25-27-31(35)30(29-41(38,39)40)34-33(37)32(36)28-26-24-22-20-17-14-12-10-8-6-4-2/h18-19,25,27,30-32,35-36H,3-17,20-24,26,28-29H2,1-2H3,(H,34,37)(H,38,39,40)/b19-18+,27-25+. The van der Waals surface area contributed by atoms with Gasteiger partial charge in [0, 0.05) is 0 Å². The number of rotatable bonds is 29. The molecular formula is C33H63NO6S. The Morgan fingerprint density at radius 3 is 1.61 bits per heavy atom. The highest BCUT2D eigenvalue weighted by atomic mass is 32.2. The number of hydrogen-bond acceptors (Lipinski definition) is 5. The van der Waals surface area contributed by atoms with Gasteiger partial charge in [-0.2, -0.15) is 8.42 Å². The third-order valence-electron chi connectivity index (χ3n) is 7.49. The van der Waals surface area contributed by atoms with Crippen molar-refractivity contribution in [3.05, 3.63) is 24.3 Å². The summed E-state index contributed by atoms with van der Waals surface area (Å²) in [5.41, 5.74) is 0. The highest BCUT2D eigenvalue weighted by Gasteiger charge is 2.27. The van der Waals surface area contributed by atoms with E-state index in [0.717, 1.165) is 32.1 Å². The number of aliphatic hydroxyl groups excluding tert-OH is 2. The van der Waals surface area contributed by atoms with Crippen molar-refractivity contribution in [1.29, 1.82) is 0 Å². The van der Waals surface area contributed by atoms with E-state index in [-0.39, 0.29) is 6.42 Å². The van der Waals surface area contributed by atoms with Crippen molar-refractivity contribution in [2.24, 2.45) is 0 Å². The number of unbranched alkanes of at least 4 members (excludes halogenated alkanes) is 18. The molecule has 0 saturated heterocycles. The predicted octanol–water partition coefficient (Wildman–Crippen LogP) is 7.82. The molecule has 8 heteroatoms. The van der Waals surface area contributed by atoms with Gasteiger partial charge in [-0.05, 0) is 32.1 Å². The average Bonchev–Trinajstić information content (AvgIpc) is 2.92. The van der Waals surface area contributed by atoms with E-state index in [2.05, 4.69) is 31.3 Å². The molecule has 0 bridgehead atoms. The van der Waals surface area contributed by atoms with Gasteiger partial charge in [0.15, 0.2) is 0 Å². The molecule has 0 aromatic rings. The van der Waals surface area contributed by atoms with Crippen LogP contribution in [-0.4, -0.2) is 53.1 Å². The molecule has 41 heavy (non-hydrogen) atoms. The Hall–Kier alpha value is -1.22. The van der Waals surface area contributed by atoms with E-state index in [0.29, 0.717) is 12.8 Å². The number of aliphatic hydroxyl groups is 2. The van der Waals surface area contributed by atoms with Crippen LogP contribution in [0.4, 0.5) is 0 Å². The van der Waals surface area contributed by atoms with Crippen molar-refractivity contribution < 1.29 is 28.0 Å². The molecule has 0 aliphatic heterocycles.